The molecule has 3 nitrogen and oxygen atoms in total. The fourth-order valence-corrected chi connectivity index (χ4v) is 1.25. The number of aromatic hydroxyl groups is 1. The van der Waals surface area contributed by atoms with Crippen LogP contribution >= 0.6 is 0 Å². The zero-order valence-electron chi connectivity index (χ0n) is 8.57. The van der Waals surface area contributed by atoms with Crippen molar-refractivity contribution >= 4 is 5.97 Å². The van der Waals surface area contributed by atoms with E-state index in [9.17, 15) is 4.79 Å². The molecule has 1 aromatic rings. The highest BCUT2D eigenvalue weighted by atomic mass is 16.5. The number of methoxy groups -OCH3 is 1. The van der Waals surface area contributed by atoms with Gasteiger partial charge in [0.2, 0.25) is 0 Å². The number of carbonyl (C=O) groups is 1. The number of hydrogen-bond donors (Lipinski definition) is 1. The average Bonchev–Trinajstić information content (AvgIpc) is 2.17. The Morgan fingerprint density at radius 2 is 1.79 bits per heavy atom. The van der Waals surface area contributed by atoms with Crippen LogP contribution in [0, 0.1) is 0 Å². The second-order valence-corrected chi connectivity index (χ2v) is 3.66. The molecule has 0 saturated heterocycles. The lowest BCUT2D eigenvalue weighted by molar-refractivity contribution is -0.146. The molecule has 3 heteroatoms. The highest BCUT2D eigenvalue weighted by molar-refractivity contribution is 5.82. The Kier molecular flexibility index (Phi) is 2.79. The van der Waals surface area contributed by atoms with Gasteiger partial charge in [-0.05, 0) is 31.5 Å². The molecule has 76 valence electrons. The molecule has 1 N–H and O–H groups in total. The molecule has 14 heavy (non-hydrogen) atoms. The van der Waals surface area contributed by atoms with Crippen molar-refractivity contribution < 1.29 is 14.6 Å². The Morgan fingerprint density at radius 3 is 2.21 bits per heavy atom. The lowest BCUT2D eigenvalue weighted by Gasteiger charge is -2.21. The third-order valence-electron chi connectivity index (χ3n) is 2.28. The minimum atomic E-state index is -0.678. The lowest BCUT2D eigenvalue weighted by Crippen LogP contribution is -2.30. The number of ether oxygens (including phenoxy) is 1. The standard InChI is InChI=1S/C11H14O3/c1-11(2,10(13)14-3)8-4-6-9(12)7-5-8/h4-7,12H,1-3H3. The van der Waals surface area contributed by atoms with Gasteiger partial charge in [-0.2, -0.15) is 0 Å². The topological polar surface area (TPSA) is 46.5 Å². The van der Waals surface area contributed by atoms with Gasteiger partial charge in [-0.15, -0.1) is 0 Å². The molecule has 1 aromatic carbocycles. The van der Waals surface area contributed by atoms with Crippen molar-refractivity contribution in [2.75, 3.05) is 7.11 Å². The molecule has 0 unspecified atom stereocenters. The maximum absolute atomic E-state index is 11.4. The molecular formula is C11H14O3. The summed E-state index contributed by atoms with van der Waals surface area (Å²) in [5.74, 6) is -0.0994. The van der Waals surface area contributed by atoms with E-state index < -0.39 is 5.41 Å². The van der Waals surface area contributed by atoms with Crippen LogP contribution in [0.3, 0.4) is 0 Å². The Hall–Kier alpha value is -1.51. The van der Waals surface area contributed by atoms with Crippen LogP contribution in [-0.4, -0.2) is 18.2 Å². The number of benzene rings is 1. The van der Waals surface area contributed by atoms with Crippen LogP contribution in [0.25, 0.3) is 0 Å². The first kappa shape index (κ1) is 10.6. The zero-order chi connectivity index (χ0) is 10.8. The number of esters is 1. The molecule has 0 heterocycles. The first-order valence-electron chi connectivity index (χ1n) is 4.36. The third-order valence-corrected chi connectivity index (χ3v) is 2.28. The van der Waals surface area contributed by atoms with E-state index in [0.29, 0.717) is 0 Å². The van der Waals surface area contributed by atoms with Crippen molar-refractivity contribution in [1.82, 2.24) is 0 Å². The average molecular weight is 194 g/mol. The van der Waals surface area contributed by atoms with E-state index in [2.05, 4.69) is 0 Å². The molecule has 0 aliphatic carbocycles. The van der Waals surface area contributed by atoms with E-state index in [0.717, 1.165) is 5.56 Å². The predicted octanol–water partition coefficient (Wildman–Crippen LogP) is 1.84. The highest BCUT2D eigenvalue weighted by Crippen LogP contribution is 2.25. The summed E-state index contributed by atoms with van der Waals surface area (Å²) in [5, 5.41) is 9.10. The summed E-state index contributed by atoms with van der Waals surface area (Å²) in [6.45, 7) is 3.57. The fraction of sp³-hybridized carbons (Fsp3) is 0.364. The quantitative estimate of drug-likeness (QED) is 0.731. The summed E-state index contributed by atoms with van der Waals surface area (Å²) in [6.07, 6.45) is 0. The highest BCUT2D eigenvalue weighted by Gasteiger charge is 2.30. The van der Waals surface area contributed by atoms with E-state index in [4.69, 9.17) is 9.84 Å². The maximum Gasteiger partial charge on any atom is 0.315 e. The van der Waals surface area contributed by atoms with Gasteiger partial charge >= 0.3 is 5.97 Å². The summed E-state index contributed by atoms with van der Waals surface area (Å²) in [4.78, 5) is 11.4. The second kappa shape index (κ2) is 3.70. The van der Waals surface area contributed by atoms with E-state index in [1.807, 2.05) is 0 Å². The number of hydrogen-bond acceptors (Lipinski definition) is 3. The molecule has 1 rings (SSSR count). The molecule has 0 amide bonds. The molecular weight excluding hydrogens is 180 g/mol. The van der Waals surface area contributed by atoms with Crippen molar-refractivity contribution in [1.29, 1.82) is 0 Å². The van der Waals surface area contributed by atoms with Crippen LogP contribution in [0.1, 0.15) is 19.4 Å². The first-order chi connectivity index (χ1) is 6.48. The van der Waals surface area contributed by atoms with Gasteiger partial charge in [0.15, 0.2) is 0 Å². The second-order valence-electron chi connectivity index (χ2n) is 3.66. The molecule has 0 aliphatic heterocycles. The number of carbonyl (C=O) groups excluding carboxylic acids is 1. The van der Waals surface area contributed by atoms with Crippen LogP contribution < -0.4 is 0 Å². The Morgan fingerprint density at radius 1 is 1.29 bits per heavy atom. The van der Waals surface area contributed by atoms with E-state index in [-0.39, 0.29) is 11.7 Å². The van der Waals surface area contributed by atoms with Gasteiger partial charge in [-0.1, -0.05) is 12.1 Å². The first-order valence-corrected chi connectivity index (χ1v) is 4.36. The predicted molar refractivity (Wildman–Crippen MR) is 53.1 cm³/mol. The summed E-state index contributed by atoms with van der Waals surface area (Å²) in [6, 6.07) is 6.54. The smallest absolute Gasteiger partial charge is 0.315 e. The van der Waals surface area contributed by atoms with Crippen LogP contribution in [0.4, 0.5) is 0 Å². The largest absolute Gasteiger partial charge is 0.508 e. The summed E-state index contributed by atoms with van der Waals surface area (Å²) in [7, 11) is 1.37. The third kappa shape index (κ3) is 1.87. The minimum absolute atomic E-state index is 0.189. The summed E-state index contributed by atoms with van der Waals surface area (Å²) < 4.78 is 4.70. The number of phenols is 1. The maximum atomic E-state index is 11.4. The van der Waals surface area contributed by atoms with E-state index in [1.54, 1.807) is 38.1 Å². The SMILES string of the molecule is COC(=O)C(C)(C)c1ccc(O)cc1. The summed E-state index contributed by atoms with van der Waals surface area (Å²) >= 11 is 0. The Labute approximate surface area is 83.3 Å². The zero-order valence-corrected chi connectivity index (χ0v) is 8.57. The van der Waals surface area contributed by atoms with Crippen molar-refractivity contribution in [3.8, 4) is 5.75 Å². The number of phenolic OH excluding ortho intramolecular Hbond substituents is 1. The lowest BCUT2D eigenvalue weighted by atomic mass is 9.85. The molecule has 0 atom stereocenters. The van der Waals surface area contributed by atoms with Crippen LogP contribution in [-0.2, 0) is 14.9 Å². The van der Waals surface area contributed by atoms with Gasteiger partial charge in [0.05, 0.1) is 12.5 Å². The molecule has 0 saturated carbocycles. The van der Waals surface area contributed by atoms with Gasteiger partial charge in [0, 0.05) is 0 Å². The Balaban J connectivity index is 3.03. The molecule has 0 aliphatic rings. The Bertz CT molecular complexity index is 325. The summed E-state index contributed by atoms with van der Waals surface area (Å²) in [5.41, 5.74) is 0.143. The van der Waals surface area contributed by atoms with E-state index >= 15 is 0 Å². The van der Waals surface area contributed by atoms with Crippen molar-refractivity contribution in [2.24, 2.45) is 0 Å². The molecule has 0 spiro atoms. The van der Waals surface area contributed by atoms with Crippen molar-refractivity contribution in [3.63, 3.8) is 0 Å². The number of rotatable bonds is 2. The molecule has 0 aromatic heterocycles. The molecule has 0 fully saturated rings. The molecule has 0 bridgehead atoms. The van der Waals surface area contributed by atoms with Gasteiger partial charge in [-0.25, -0.2) is 0 Å². The fourth-order valence-electron chi connectivity index (χ4n) is 1.25. The van der Waals surface area contributed by atoms with Gasteiger partial charge < -0.3 is 9.84 Å². The van der Waals surface area contributed by atoms with Crippen LogP contribution in [0.5, 0.6) is 5.75 Å². The van der Waals surface area contributed by atoms with Crippen molar-refractivity contribution in [3.05, 3.63) is 29.8 Å². The van der Waals surface area contributed by atoms with Crippen LogP contribution in [0.15, 0.2) is 24.3 Å². The van der Waals surface area contributed by atoms with Gasteiger partial charge in [-0.3, -0.25) is 4.79 Å². The van der Waals surface area contributed by atoms with E-state index in [1.165, 1.54) is 7.11 Å². The van der Waals surface area contributed by atoms with Crippen molar-refractivity contribution in [2.45, 2.75) is 19.3 Å². The molecule has 0 radical (unpaired) electrons. The monoisotopic (exact) mass is 194 g/mol. The van der Waals surface area contributed by atoms with Gasteiger partial charge in [0.25, 0.3) is 0 Å². The van der Waals surface area contributed by atoms with Crippen LogP contribution in [0.2, 0.25) is 0 Å². The minimum Gasteiger partial charge on any atom is -0.508 e. The van der Waals surface area contributed by atoms with Gasteiger partial charge in [0.1, 0.15) is 5.75 Å². The normalized spacial score (nSPS) is 11.1.